The number of pyridine rings is 1. The van der Waals surface area contributed by atoms with E-state index < -0.39 is 0 Å². The van der Waals surface area contributed by atoms with E-state index in [1.165, 1.54) is 16.8 Å². The van der Waals surface area contributed by atoms with Crippen molar-refractivity contribution >= 4 is 28.7 Å². The summed E-state index contributed by atoms with van der Waals surface area (Å²) in [6, 6.07) is 18.2. The van der Waals surface area contributed by atoms with Crippen LogP contribution >= 0.6 is 0 Å². The van der Waals surface area contributed by atoms with Crippen LogP contribution in [0.2, 0.25) is 0 Å². The topological polar surface area (TPSA) is 83.8 Å². The lowest BCUT2D eigenvalue weighted by molar-refractivity contribution is -0.134. The number of hydrogen-bond donors (Lipinski definition) is 0. The van der Waals surface area contributed by atoms with Gasteiger partial charge in [-0.25, -0.2) is 9.97 Å². The molecule has 6 rings (SSSR count). The molecule has 41 heavy (non-hydrogen) atoms. The first kappa shape index (κ1) is 26.8. The van der Waals surface area contributed by atoms with Crippen molar-refractivity contribution in [2.45, 2.75) is 45.3 Å². The van der Waals surface area contributed by atoms with Crippen molar-refractivity contribution in [3.8, 4) is 5.75 Å². The third kappa shape index (κ3) is 5.62. The zero-order chi connectivity index (χ0) is 28.3. The fourth-order valence-electron chi connectivity index (χ4n) is 6.07. The summed E-state index contributed by atoms with van der Waals surface area (Å²) in [6.45, 7) is 5.85. The number of piperazine rings is 1. The Morgan fingerprint density at radius 3 is 2.63 bits per heavy atom. The van der Waals surface area contributed by atoms with Crippen molar-refractivity contribution in [3.05, 3.63) is 83.8 Å². The molecule has 2 aliphatic heterocycles. The number of aromatic nitrogens is 3. The van der Waals surface area contributed by atoms with Gasteiger partial charge < -0.3 is 24.0 Å². The number of nitrogens with zero attached hydrogens (tertiary/aromatic N) is 6. The molecule has 2 aromatic heterocycles. The molecule has 0 bridgehead atoms. The Balaban J connectivity index is 1.09. The van der Waals surface area contributed by atoms with E-state index in [4.69, 9.17) is 4.74 Å². The minimum absolute atomic E-state index is 0.0562. The van der Waals surface area contributed by atoms with Gasteiger partial charge in [-0.15, -0.1) is 0 Å². The molecule has 0 radical (unpaired) electrons. The number of rotatable bonds is 7. The van der Waals surface area contributed by atoms with Crippen molar-refractivity contribution in [1.82, 2.24) is 24.3 Å². The van der Waals surface area contributed by atoms with Crippen molar-refractivity contribution in [3.63, 3.8) is 0 Å². The van der Waals surface area contributed by atoms with Gasteiger partial charge in [-0.05, 0) is 66.8 Å². The van der Waals surface area contributed by atoms with E-state index in [0.29, 0.717) is 25.9 Å². The van der Waals surface area contributed by atoms with Gasteiger partial charge in [-0.2, -0.15) is 0 Å². The average Bonchev–Trinajstić information content (AvgIpc) is 3.42. The molecule has 2 aromatic carbocycles. The molecule has 1 fully saturated rings. The number of aryl methyl sites for hydroxylation is 1. The van der Waals surface area contributed by atoms with Crippen LogP contribution in [-0.2, 0) is 35.5 Å². The molecule has 212 valence electrons. The summed E-state index contributed by atoms with van der Waals surface area (Å²) in [4.78, 5) is 41.6. The highest BCUT2D eigenvalue weighted by atomic mass is 16.5. The third-order valence-electron chi connectivity index (χ3n) is 8.36. The number of carbonyl (C=O) groups excluding carboxylic acids is 2. The monoisotopic (exact) mass is 552 g/mol. The number of amides is 2. The lowest BCUT2D eigenvalue weighted by Gasteiger charge is -2.42. The van der Waals surface area contributed by atoms with Gasteiger partial charge in [-0.3, -0.25) is 9.59 Å². The first-order valence-electron chi connectivity index (χ1n) is 14.3. The second-order valence-electron chi connectivity index (χ2n) is 10.9. The van der Waals surface area contributed by atoms with E-state index >= 15 is 0 Å². The summed E-state index contributed by atoms with van der Waals surface area (Å²) in [5, 5.41) is 0. The molecule has 4 heterocycles. The molecule has 0 unspecified atom stereocenters. The smallest absolute Gasteiger partial charge is 0.242 e. The number of benzene rings is 2. The Morgan fingerprint density at radius 1 is 0.976 bits per heavy atom. The number of anilines is 1. The van der Waals surface area contributed by atoms with Crippen molar-refractivity contribution in [2.75, 3.05) is 38.2 Å². The highest BCUT2D eigenvalue weighted by Gasteiger charge is 2.31. The molecule has 2 aliphatic rings. The molecule has 1 saturated heterocycles. The van der Waals surface area contributed by atoms with Crippen LogP contribution in [0, 0.1) is 0 Å². The lowest BCUT2D eigenvalue weighted by atomic mass is 9.96. The summed E-state index contributed by atoms with van der Waals surface area (Å²) in [7, 11) is 1.66. The van der Waals surface area contributed by atoms with E-state index in [9.17, 15) is 9.59 Å². The number of fused-ring (bicyclic) bond motifs is 2. The largest absolute Gasteiger partial charge is 0.497 e. The van der Waals surface area contributed by atoms with Crippen LogP contribution in [0.1, 0.15) is 30.0 Å². The number of imidazole rings is 1. The van der Waals surface area contributed by atoms with Crippen LogP contribution in [0.15, 0.2) is 67.1 Å². The summed E-state index contributed by atoms with van der Waals surface area (Å²) in [6.07, 6.45) is 5.48. The zero-order valence-corrected chi connectivity index (χ0v) is 23.7. The lowest BCUT2D eigenvalue weighted by Crippen LogP contribution is -2.55. The standard InChI is InChI=1S/C32H36N6O3/c1-23-19-35(17-18-38(23)31(40)21-37-22-34-28-6-4-15-33-32(28)37)29-7-3-5-25-14-16-36(20-27(25)29)30(39)13-10-24-8-11-26(41-2)12-9-24/h3-9,11-12,15,22-23H,10,13-14,16-21H2,1-2H3/t23-/m1/s1. The predicted molar refractivity (Wildman–Crippen MR) is 158 cm³/mol. The van der Waals surface area contributed by atoms with Crippen LogP contribution in [-0.4, -0.2) is 75.5 Å². The molecule has 4 aromatic rings. The first-order valence-corrected chi connectivity index (χ1v) is 14.3. The van der Waals surface area contributed by atoms with Gasteiger partial charge in [-0.1, -0.05) is 24.3 Å². The summed E-state index contributed by atoms with van der Waals surface area (Å²) < 4.78 is 7.06. The minimum atomic E-state index is 0.0562. The quantitative estimate of drug-likeness (QED) is 0.348. The van der Waals surface area contributed by atoms with E-state index in [0.717, 1.165) is 48.5 Å². The van der Waals surface area contributed by atoms with Crippen LogP contribution in [0.3, 0.4) is 0 Å². The SMILES string of the molecule is COc1ccc(CCC(=O)N2CCc3cccc(N4CCN(C(=O)Cn5cnc6cccnc65)[C@H](C)C4)c3C2)cc1. The Hall–Kier alpha value is -4.40. The molecular formula is C32H36N6O3. The minimum Gasteiger partial charge on any atom is -0.497 e. The predicted octanol–water partition coefficient (Wildman–Crippen LogP) is 3.69. The van der Waals surface area contributed by atoms with E-state index in [-0.39, 0.29) is 24.4 Å². The van der Waals surface area contributed by atoms with Gasteiger partial charge in [0.2, 0.25) is 11.8 Å². The zero-order valence-electron chi connectivity index (χ0n) is 23.7. The fraction of sp³-hybridized carbons (Fsp3) is 0.375. The highest BCUT2D eigenvalue weighted by Crippen LogP contribution is 2.31. The Bertz CT molecular complexity index is 1550. The number of carbonyl (C=O) groups is 2. The Labute approximate surface area is 240 Å². The van der Waals surface area contributed by atoms with Gasteiger partial charge in [0.15, 0.2) is 5.65 Å². The number of hydrogen-bond acceptors (Lipinski definition) is 6. The number of ether oxygens (including phenoxy) is 1. The maximum absolute atomic E-state index is 13.3. The molecular weight excluding hydrogens is 516 g/mol. The fourth-order valence-corrected chi connectivity index (χ4v) is 6.07. The molecule has 9 nitrogen and oxygen atoms in total. The molecule has 0 saturated carbocycles. The van der Waals surface area contributed by atoms with Gasteiger partial charge >= 0.3 is 0 Å². The highest BCUT2D eigenvalue weighted by molar-refractivity contribution is 5.80. The second kappa shape index (κ2) is 11.6. The van der Waals surface area contributed by atoms with Crippen LogP contribution in [0.5, 0.6) is 5.75 Å². The third-order valence-corrected chi connectivity index (χ3v) is 8.36. The van der Waals surface area contributed by atoms with Gasteiger partial charge in [0.1, 0.15) is 17.8 Å². The summed E-state index contributed by atoms with van der Waals surface area (Å²) in [5.74, 6) is 1.08. The summed E-state index contributed by atoms with van der Waals surface area (Å²) in [5.41, 5.74) is 6.38. The van der Waals surface area contributed by atoms with Crippen LogP contribution < -0.4 is 9.64 Å². The van der Waals surface area contributed by atoms with Crippen molar-refractivity contribution in [1.29, 1.82) is 0 Å². The maximum atomic E-state index is 13.3. The number of methoxy groups -OCH3 is 1. The van der Waals surface area contributed by atoms with Crippen LogP contribution in [0.4, 0.5) is 5.69 Å². The van der Waals surface area contributed by atoms with E-state index in [1.54, 1.807) is 19.6 Å². The van der Waals surface area contributed by atoms with Gasteiger partial charge in [0.05, 0.1) is 13.4 Å². The second-order valence-corrected chi connectivity index (χ2v) is 10.9. The van der Waals surface area contributed by atoms with Gasteiger partial charge in [0.25, 0.3) is 0 Å². The molecule has 0 aliphatic carbocycles. The molecule has 0 spiro atoms. The summed E-state index contributed by atoms with van der Waals surface area (Å²) >= 11 is 0. The molecule has 2 amide bonds. The van der Waals surface area contributed by atoms with Crippen LogP contribution in [0.25, 0.3) is 11.2 Å². The average molecular weight is 553 g/mol. The molecule has 0 N–H and O–H groups in total. The van der Waals surface area contributed by atoms with Crippen molar-refractivity contribution < 1.29 is 14.3 Å². The first-order chi connectivity index (χ1) is 20.0. The normalized spacial score (nSPS) is 17.0. The molecule has 1 atom stereocenters. The molecule has 9 heteroatoms. The van der Waals surface area contributed by atoms with E-state index in [2.05, 4.69) is 40.0 Å². The van der Waals surface area contributed by atoms with E-state index in [1.807, 2.05) is 50.8 Å². The van der Waals surface area contributed by atoms with Gasteiger partial charge in [0, 0.05) is 57.1 Å². The Morgan fingerprint density at radius 2 is 1.83 bits per heavy atom. The maximum Gasteiger partial charge on any atom is 0.242 e. The van der Waals surface area contributed by atoms with Crippen molar-refractivity contribution in [2.24, 2.45) is 0 Å². The Kier molecular flexibility index (Phi) is 7.59.